The number of hydrogen-bond acceptors (Lipinski definition) is 6. The SMILES string of the molecule is CCN1C(=O)C(C)(C)C(=O)N(C)c2cc(CN(CCn3ccc4oc(C)cc4c3=O)Cc3ccoc3C)ccc21. The van der Waals surface area contributed by atoms with Crippen molar-refractivity contribution in [2.75, 3.05) is 29.9 Å². The first-order chi connectivity index (χ1) is 19.0. The van der Waals surface area contributed by atoms with Crippen LogP contribution in [-0.2, 0) is 29.2 Å². The average molecular weight is 545 g/mol. The fourth-order valence-corrected chi connectivity index (χ4v) is 5.46. The van der Waals surface area contributed by atoms with Gasteiger partial charge in [0.25, 0.3) is 5.56 Å². The topological polar surface area (TPSA) is 92.1 Å². The molecule has 0 spiro atoms. The molecule has 0 saturated carbocycles. The Balaban J connectivity index is 1.45. The predicted molar refractivity (Wildman–Crippen MR) is 154 cm³/mol. The van der Waals surface area contributed by atoms with Gasteiger partial charge >= 0.3 is 0 Å². The number of aryl methyl sites for hydroxylation is 2. The summed E-state index contributed by atoms with van der Waals surface area (Å²) in [5.41, 5.74) is 2.86. The number of nitrogens with zero attached hydrogens (tertiary/aromatic N) is 4. The van der Waals surface area contributed by atoms with Gasteiger partial charge in [-0.3, -0.25) is 19.3 Å². The first-order valence-corrected chi connectivity index (χ1v) is 13.6. The van der Waals surface area contributed by atoms with Crippen LogP contribution in [0.4, 0.5) is 11.4 Å². The normalized spacial score (nSPS) is 15.3. The lowest BCUT2D eigenvalue weighted by Crippen LogP contribution is -2.47. The van der Waals surface area contributed by atoms with E-state index in [9.17, 15) is 14.4 Å². The Morgan fingerprint density at radius 3 is 2.42 bits per heavy atom. The number of pyridine rings is 1. The van der Waals surface area contributed by atoms with E-state index in [-0.39, 0.29) is 17.4 Å². The highest BCUT2D eigenvalue weighted by Crippen LogP contribution is 2.39. The minimum Gasteiger partial charge on any atom is -0.469 e. The van der Waals surface area contributed by atoms with Crippen LogP contribution in [0.1, 0.15) is 43.4 Å². The van der Waals surface area contributed by atoms with Crippen molar-refractivity contribution in [3.8, 4) is 0 Å². The lowest BCUT2D eigenvalue weighted by Gasteiger charge is -2.27. The van der Waals surface area contributed by atoms with E-state index >= 15 is 0 Å². The molecule has 9 nitrogen and oxygen atoms in total. The van der Waals surface area contributed by atoms with Crippen LogP contribution >= 0.6 is 0 Å². The summed E-state index contributed by atoms with van der Waals surface area (Å²) in [6.45, 7) is 11.8. The van der Waals surface area contributed by atoms with E-state index in [2.05, 4.69) is 4.90 Å². The number of amides is 2. The van der Waals surface area contributed by atoms with Crippen molar-refractivity contribution in [1.29, 1.82) is 0 Å². The largest absolute Gasteiger partial charge is 0.469 e. The summed E-state index contributed by atoms with van der Waals surface area (Å²) in [5.74, 6) is 1.12. The van der Waals surface area contributed by atoms with Crippen LogP contribution in [0.5, 0.6) is 0 Å². The Hall–Kier alpha value is -4.11. The highest BCUT2D eigenvalue weighted by atomic mass is 16.3. The zero-order valence-corrected chi connectivity index (χ0v) is 24.0. The lowest BCUT2D eigenvalue weighted by atomic mass is 9.90. The van der Waals surface area contributed by atoms with E-state index in [0.29, 0.717) is 55.1 Å². The number of carbonyl (C=O) groups excluding carboxylic acids is 2. The van der Waals surface area contributed by atoms with Crippen molar-refractivity contribution in [2.24, 2.45) is 5.41 Å². The molecule has 3 aromatic heterocycles. The Bertz CT molecular complexity index is 1640. The molecule has 0 fully saturated rings. The summed E-state index contributed by atoms with van der Waals surface area (Å²) in [5, 5.41) is 0.577. The molecule has 1 aromatic carbocycles. The van der Waals surface area contributed by atoms with E-state index in [1.165, 1.54) is 0 Å². The first-order valence-electron chi connectivity index (χ1n) is 13.6. The minimum atomic E-state index is -1.16. The van der Waals surface area contributed by atoms with Gasteiger partial charge in [0.15, 0.2) is 0 Å². The van der Waals surface area contributed by atoms with Gasteiger partial charge in [0.2, 0.25) is 11.8 Å². The molecule has 0 saturated heterocycles. The number of carbonyl (C=O) groups is 2. The molecule has 1 aliphatic rings. The summed E-state index contributed by atoms with van der Waals surface area (Å²) in [6, 6.07) is 11.5. The number of rotatable bonds is 8. The molecule has 0 atom stereocenters. The Labute approximate surface area is 233 Å². The van der Waals surface area contributed by atoms with Crippen LogP contribution in [0.2, 0.25) is 0 Å². The van der Waals surface area contributed by atoms with Crippen LogP contribution in [0, 0.1) is 19.3 Å². The molecular weight excluding hydrogens is 508 g/mol. The molecule has 1 aliphatic heterocycles. The van der Waals surface area contributed by atoms with E-state index < -0.39 is 5.41 Å². The standard InChI is InChI=1S/C31H36N4O5/c1-7-35-25-9-8-22(17-26(25)32(6)29(37)31(4,5)30(35)38)18-33(19-23-11-15-39-21(23)3)13-14-34-12-10-27-24(28(34)36)16-20(2)40-27/h8-12,15-17H,7,13-14,18-19H2,1-6H3. The van der Waals surface area contributed by atoms with Crippen molar-refractivity contribution in [1.82, 2.24) is 9.47 Å². The van der Waals surface area contributed by atoms with Crippen LogP contribution in [0.25, 0.3) is 11.0 Å². The Kier molecular flexibility index (Phi) is 7.18. The molecule has 0 bridgehead atoms. The van der Waals surface area contributed by atoms with Gasteiger partial charge in [-0.15, -0.1) is 0 Å². The molecule has 2 amide bonds. The second-order valence-electron chi connectivity index (χ2n) is 11.0. The molecular formula is C31H36N4O5. The van der Waals surface area contributed by atoms with Gasteiger partial charge in [-0.1, -0.05) is 6.07 Å². The molecule has 0 unspecified atom stereocenters. The maximum absolute atomic E-state index is 13.3. The Morgan fingerprint density at radius 2 is 1.73 bits per heavy atom. The summed E-state index contributed by atoms with van der Waals surface area (Å²) >= 11 is 0. The van der Waals surface area contributed by atoms with Gasteiger partial charge in [-0.2, -0.15) is 0 Å². The molecule has 0 radical (unpaired) electrons. The van der Waals surface area contributed by atoms with Crippen LogP contribution < -0.4 is 15.4 Å². The van der Waals surface area contributed by atoms with Crippen molar-refractivity contribution < 1.29 is 18.4 Å². The van der Waals surface area contributed by atoms with Gasteiger partial charge in [-0.25, -0.2) is 0 Å². The third-order valence-corrected chi connectivity index (χ3v) is 7.83. The molecule has 5 rings (SSSR count). The number of aromatic nitrogens is 1. The number of furan rings is 2. The molecule has 0 N–H and O–H groups in total. The smallest absolute Gasteiger partial charge is 0.261 e. The van der Waals surface area contributed by atoms with Crippen LogP contribution in [-0.4, -0.2) is 41.4 Å². The summed E-state index contributed by atoms with van der Waals surface area (Å²) in [6.07, 6.45) is 3.46. The summed E-state index contributed by atoms with van der Waals surface area (Å²) in [4.78, 5) is 45.2. The summed E-state index contributed by atoms with van der Waals surface area (Å²) in [7, 11) is 1.73. The maximum Gasteiger partial charge on any atom is 0.261 e. The molecule has 40 heavy (non-hydrogen) atoms. The zero-order chi connectivity index (χ0) is 28.8. The van der Waals surface area contributed by atoms with Crippen molar-refractivity contribution in [3.63, 3.8) is 0 Å². The lowest BCUT2D eigenvalue weighted by molar-refractivity contribution is -0.137. The average Bonchev–Trinajstić information content (AvgIpc) is 3.51. The second-order valence-corrected chi connectivity index (χ2v) is 11.0. The van der Waals surface area contributed by atoms with Crippen molar-refractivity contribution in [2.45, 2.75) is 54.3 Å². The van der Waals surface area contributed by atoms with E-state index in [0.717, 1.165) is 22.6 Å². The van der Waals surface area contributed by atoms with Gasteiger partial charge in [0.05, 0.1) is 23.0 Å². The highest BCUT2D eigenvalue weighted by Gasteiger charge is 2.45. The molecule has 9 heteroatoms. The van der Waals surface area contributed by atoms with Gasteiger partial charge in [0, 0.05) is 51.5 Å². The van der Waals surface area contributed by atoms with Crippen LogP contribution in [0.3, 0.4) is 0 Å². The predicted octanol–water partition coefficient (Wildman–Crippen LogP) is 4.86. The summed E-state index contributed by atoms with van der Waals surface area (Å²) < 4.78 is 12.9. The third kappa shape index (κ3) is 4.86. The molecule has 0 aliphatic carbocycles. The van der Waals surface area contributed by atoms with Gasteiger partial charge in [0.1, 0.15) is 22.5 Å². The molecule has 4 heterocycles. The highest BCUT2D eigenvalue weighted by molar-refractivity contribution is 6.19. The number of anilines is 2. The quantitative estimate of drug-likeness (QED) is 0.294. The number of benzene rings is 1. The van der Waals surface area contributed by atoms with Gasteiger partial charge < -0.3 is 23.2 Å². The van der Waals surface area contributed by atoms with E-state index in [1.54, 1.807) is 53.8 Å². The second kappa shape index (κ2) is 10.5. The van der Waals surface area contributed by atoms with E-state index in [1.807, 2.05) is 51.1 Å². The monoisotopic (exact) mass is 544 g/mol. The third-order valence-electron chi connectivity index (χ3n) is 7.83. The van der Waals surface area contributed by atoms with Crippen molar-refractivity contribution >= 4 is 34.2 Å². The number of hydrogen-bond donors (Lipinski definition) is 0. The zero-order valence-electron chi connectivity index (χ0n) is 24.0. The van der Waals surface area contributed by atoms with E-state index in [4.69, 9.17) is 8.83 Å². The Morgan fingerprint density at radius 1 is 0.950 bits per heavy atom. The minimum absolute atomic E-state index is 0.0779. The fourth-order valence-electron chi connectivity index (χ4n) is 5.46. The molecule has 210 valence electrons. The fraction of sp³-hybridized carbons (Fsp3) is 0.387. The van der Waals surface area contributed by atoms with Gasteiger partial charge in [-0.05, 0) is 70.5 Å². The van der Waals surface area contributed by atoms with Crippen LogP contribution in [0.15, 0.2) is 62.5 Å². The number of fused-ring (bicyclic) bond motifs is 2. The molecule has 4 aromatic rings. The first kappa shape index (κ1) is 27.5. The van der Waals surface area contributed by atoms with Crippen molar-refractivity contribution in [3.05, 3.63) is 81.9 Å². The maximum atomic E-state index is 13.3.